The number of carbonyl (C=O) groups is 2. The SMILES string of the molecule is CC1(C)CN(C(=O)NC2CCCCC2)C2(S1)C(=O)N(Cc1ccccc1)c1ccc(Cl)cc12. The van der Waals surface area contributed by atoms with Gasteiger partial charge in [0, 0.05) is 27.9 Å². The van der Waals surface area contributed by atoms with E-state index in [1.807, 2.05) is 53.4 Å². The maximum Gasteiger partial charge on any atom is 0.319 e. The second kappa shape index (κ2) is 8.55. The minimum Gasteiger partial charge on any atom is -0.335 e. The van der Waals surface area contributed by atoms with Crippen molar-refractivity contribution in [3.63, 3.8) is 0 Å². The van der Waals surface area contributed by atoms with Gasteiger partial charge in [0.2, 0.25) is 0 Å². The zero-order valence-corrected chi connectivity index (χ0v) is 20.7. The maximum absolute atomic E-state index is 14.2. The van der Waals surface area contributed by atoms with E-state index in [0.717, 1.165) is 42.5 Å². The maximum atomic E-state index is 14.2. The molecular weight excluding hydrogens is 454 g/mol. The first-order valence-corrected chi connectivity index (χ1v) is 12.9. The van der Waals surface area contributed by atoms with E-state index in [2.05, 4.69) is 19.2 Å². The van der Waals surface area contributed by atoms with Gasteiger partial charge >= 0.3 is 6.03 Å². The molecule has 1 saturated heterocycles. The third kappa shape index (κ3) is 4.01. The molecule has 5 rings (SSSR count). The van der Waals surface area contributed by atoms with Gasteiger partial charge in [0.15, 0.2) is 4.87 Å². The smallest absolute Gasteiger partial charge is 0.319 e. The van der Waals surface area contributed by atoms with Crippen LogP contribution in [-0.2, 0) is 16.2 Å². The van der Waals surface area contributed by atoms with E-state index in [1.54, 1.807) is 16.7 Å². The third-order valence-electron chi connectivity index (χ3n) is 6.85. The predicted molar refractivity (Wildman–Crippen MR) is 135 cm³/mol. The molecule has 7 heteroatoms. The van der Waals surface area contributed by atoms with Crippen LogP contribution in [0.1, 0.15) is 57.1 Å². The summed E-state index contributed by atoms with van der Waals surface area (Å²) in [5.74, 6) is -0.0713. The molecule has 2 aliphatic heterocycles. The molecule has 1 unspecified atom stereocenters. The van der Waals surface area contributed by atoms with E-state index < -0.39 is 4.87 Å². The molecule has 1 aliphatic carbocycles. The number of nitrogens with zero attached hydrogens (tertiary/aromatic N) is 2. The number of nitrogens with one attached hydrogen (secondary N) is 1. The van der Waals surface area contributed by atoms with Gasteiger partial charge in [-0.15, -0.1) is 11.8 Å². The Morgan fingerprint density at radius 3 is 2.58 bits per heavy atom. The Morgan fingerprint density at radius 1 is 1.12 bits per heavy atom. The van der Waals surface area contributed by atoms with Crippen LogP contribution in [0.15, 0.2) is 48.5 Å². The largest absolute Gasteiger partial charge is 0.335 e. The van der Waals surface area contributed by atoms with Crippen LogP contribution in [0.3, 0.4) is 0 Å². The summed E-state index contributed by atoms with van der Waals surface area (Å²) in [7, 11) is 0. The lowest BCUT2D eigenvalue weighted by Crippen LogP contribution is -2.55. The topological polar surface area (TPSA) is 52.7 Å². The van der Waals surface area contributed by atoms with E-state index in [-0.39, 0.29) is 22.7 Å². The van der Waals surface area contributed by atoms with Crippen molar-refractivity contribution in [2.24, 2.45) is 0 Å². The third-order valence-corrected chi connectivity index (χ3v) is 8.68. The van der Waals surface area contributed by atoms with Gasteiger partial charge in [0.05, 0.1) is 12.2 Å². The van der Waals surface area contributed by atoms with Crippen LogP contribution in [-0.4, -0.2) is 34.2 Å². The number of anilines is 1. The second-order valence-electron chi connectivity index (χ2n) is 9.91. The number of benzene rings is 2. The molecule has 1 spiro atoms. The van der Waals surface area contributed by atoms with Crippen molar-refractivity contribution in [3.8, 4) is 0 Å². The van der Waals surface area contributed by atoms with Crippen molar-refractivity contribution in [1.82, 2.24) is 10.2 Å². The fraction of sp³-hybridized carbons (Fsp3) is 0.462. The molecule has 33 heavy (non-hydrogen) atoms. The molecule has 174 valence electrons. The summed E-state index contributed by atoms with van der Waals surface area (Å²) in [5.41, 5.74) is 2.68. The lowest BCUT2D eigenvalue weighted by molar-refractivity contribution is -0.123. The van der Waals surface area contributed by atoms with Gasteiger partial charge in [0.1, 0.15) is 0 Å². The van der Waals surface area contributed by atoms with Crippen LogP contribution < -0.4 is 10.2 Å². The average molecular weight is 484 g/mol. The highest BCUT2D eigenvalue weighted by Gasteiger charge is 2.63. The zero-order valence-electron chi connectivity index (χ0n) is 19.1. The second-order valence-corrected chi connectivity index (χ2v) is 12.3. The zero-order chi connectivity index (χ0) is 23.2. The van der Waals surface area contributed by atoms with Crippen molar-refractivity contribution in [1.29, 1.82) is 0 Å². The first-order valence-electron chi connectivity index (χ1n) is 11.7. The molecule has 0 radical (unpaired) electrons. The van der Waals surface area contributed by atoms with E-state index in [9.17, 15) is 9.59 Å². The predicted octanol–water partition coefficient (Wildman–Crippen LogP) is 5.91. The van der Waals surface area contributed by atoms with Crippen molar-refractivity contribution in [2.75, 3.05) is 11.4 Å². The monoisotopic (exact) mass is 483 g/mol. The van der Waals surface area contributed by atoms with Crippen molar-refractivity contribution in [2.45, 2.75) is 68.2 Å². The number of halogens is 1. The molecule has 1 N–H and O–H groups in total. The first kappa shape index (κ1) is 22.6. The van der Waals surface area contributed by atoms with E-state index in [1.165, 1.54) is 6.42 Å². The summed E-state index contributed by atoms with van der Waals surface area (Å²) in [6, 6.07) is 15.6. The highest BCUT2D eigenvalue weighted by atomic mass is 35.5. The number of thioether (sulfide) groups is 1. The van der Waals surface area contributed by atoms with Crippen LogP contribution >= 0.6 is 23.4 Å². The summed E-state index contributed by atoms with van der Waals surface area (Å²) in [6.45, 7) is 5.15. The molecule has 0 bridgehead atoms. The van der Waals surface area contributed by atoms with Crippen LogP contribution in [0.2, 0.25) is 5.02 Å². The molecule has 2 heterocycles. The van der Waals surface area contributed by atoms with Crippen molar-refractivity contribution in [3.05, 3.63) is 64.7 Å². The number of urea groups is 1. The summed E-state index contributed by atoms with van der Waals surface area (Å²) < 4.78 is -0.276. The minimum absolute atomic E-state index is 0.0713. The number of amides is 3. The molecule has 3 aliphatic rings. The molecule has 1 saturated carbocycles. The Hall–Kier alpha value is -2.18. The van der Waals surface area contributed by atoms with Gasteiger partial charge in [-0.05, 0) is 50.5 Å². The van der Waals surface area contributed by atoms with Gasteiger partial charge in [0.25, 0.3) is 5.91 Å². The fourth-order valence-corrected chi connectivity index (χ4v) is 7.29. The average Bonchev–Trinajstić information content (AvgIpc) is 3.21. The lowest BCUT2D eigenvalue weighted by Gasteiger charge is -2.35. The molecule has 2 fully saturated rings. The van der Waals surface area contributed by atoms with E-state index in [4.69, 9.17) is 11.6 Å². The molecule has 0 aromatic heterocycles. The Balaban J connectivity index is 1.55. The molecule has 1 atom stereocenters. The fourth-order valence-electron chi connectivity index (χ4n) is 5.40. The van der Waals surface area contributed by atoms with E-state index >= 15 is 0 Å². The molecule has 2 aromatic rings. The quantitative estimate of drug-likeness (QED) is 0.590. The van der Waals surface area contributed by atoms with Gasteiger partial charge < -0.3 is 10.2 Å². The molecule has 3 amide bonds. The Bertz CT molecular complexity index is 1070. The molecule has 5 nitrogen and oxygen atoms in total. The standard InChI is InChI=1S/C26H30ClN3O2S/c1-25(2)17-30(24(32)28-20-11-7-4-8-12-20)26(33-25)21-15-19(27)13-14-22(21)29(23(26)31)16-18-9-5-3-6-10-18/h3,5-6,9-10,13-15,20H,4,7-8,11-12,16-17H2,1-2H3,(H,28,32). The summed E-state index contributed by atoms with van der Waals surface area (Å²) >= 11 is 8.00. The van der Waals surface area contributed by atoms with Gasteiger partial charge in [-0.2, -0.15) is 0 Å². The highest BCUT2D eigenvalue weighted by Crippen LogP contribution is 2.60. The number of carbonyl (C=O) groups excluding carboxylic acids is 2. The lowest BCUT2D eigenvalue weighted by atomic mass is 9.95. The minimum atomic E-state index is -1.11. The van der Waals surface area contributed by atoms with Crippen molar-refractivity contribution >= 4 is 41.0 Å². The van der Waals surface area contributed by atoms with E-state index in [0.29, 0.717) is 18.1 Å². The van der Waals surface area contributed by atoms with Gasteiger partial charge in [-0.3, -0.25) is 9.69 Å². The van der Waals surface area contributed by atoms with Crippen LogP contribution in [0.5, 0.6) is 0 Å². The summed E-state index contributed by atoms with van der Waals surface area (Å²) in [5, 5.41) is 3.82. The summed E-state index contributed by atoms with van der Waals surface area (Å²) in [6.07, 6.45) is 5.50. The highest BCUT2D eigenvalue weighted by molar-refractivity contribution is 8.02. The number of rotatable bonds is 3. The summed E-state index contributed by atoms with van der Waals surface area (Å²) in [4.78, 5) is 30.4. The molecular formula is C26H30ClN3O2S. The Morgan fingerprint density at radius 2 is 1.85 bits per heavy atom. The first-order chi connectivity index (χ1) is 15.8. The number of fused-ring (bicyclic) bond motifs is 2. The molecule has 2 aromatic carbocycles. The van der Waals surface area contributed by atoms with Crippen LogP contribution in [0.25, 0.3) is 0 Å². The van der Waals surface area contributed by atoms with Crippen molar-refractivity contribution < 1.29 is 9.59 Å². The number of hydrogen-bond acceptors (Lipinski definition) is 3. The Kier molecular flexibility index (Phi) is 5.86. The van der Waals surface area contributed by atoms with Gasteiger partial charge in [-0.25, -0.2) is 4.79 Å². The van der Waals surface area contributed by atoms with Gasteiger partial charge in [-0.1, -0.05) is 61.2 Å². The van der Waals surface area contributed by atoms with Crippen LogP contribution in [0, 0.1) is 0 Å². The van der Waals surface area contributed by atoms with Crippen LogP contribution in [0.4, 0.5) is 10.5 Å². The number of hydrogen-bond donors (Lipinski definition) is 1. The normalized spacial score (nSPS) is 24.4. The Labute approximate surface area is 204 Å².